The first-order chi connectivity index (χ1) is 9.95. The van der Waals surface area contributed by atoms with Crippen molar-refractivity contribution in [3.8, 4) is 0 Å². The van der Waals surface area contributed by atoms with E-state index in [2.05, 4.69) is 23.3 Å². The van der Waals surface area contributed by atoms with Crippen molar-refractivity contribution in [2.45, 2.75) is 25.8 Å². The molecule has 1 aliphatic heterocycles. The zero-order chi connectivity index (χ0) is 15.0. The average Bonchev–Trinajstić information content (AvgIpc) is 3.02. The molecule has 0 spiro atoms. The minimum Gasteiger partial charge on any atom is -0.360 e. The predicted octanol–water partition coefficient (Wildman–Crippen LogP) is 2.44. The van der Waals surface area contributed by atoms with Crippen molar-refractivity contribution in [2.75, 3.05) is 24.7 Å². The molecule has 1 aromatic carbocycles. The van der Waals surface area contributed by atoms with Crippen molar-refractivity contribution in [3.05, 3.63) is 23.8 Å². The summed E-state index contributed by atoms with van der Waals surface area (Å²) in [5, 5.41) is 4.17. The summed E-state index contributed by atoms with van der Waals surface area (Å²) in [6, 6.07) is 6.12. The number of nitrogens with one attached hydrogen (secondary N) is 1. The Morgan fingerprint density at radius 3 is 3.00 bits per heavy atom. The molecule has 0 radical (unpaired) electrons. The monoisotopic (exact) mass is 325 g/mol. The highest BCUT2D eigenvalue weighted by atomic mass is 32.2. The van der Waals surface area contributed by atoms with Crippen LogP contribution < -0.4 is 5.32 Å². The van der Waals surface area contributed by atoms with E-state index in [0.29, 0.717) is 13.1 Å². The molecule has 0 aliphatic carbocycles. The van der Waals surface area contributed by atoms with E-state index in [-0.39, 0.29) is 6.04 Å². The lowest BCUT2D eigenvalue weighted by Gasteiger charge is -2.22. The summed E-state index contributed by atoms with van der Waals surface area (Å²) in [6.07, 6.45) is 3.12. The Morgan fingerprint density at radius 2 is 2.29 bits per heavy atom. The summed E-state index contributed by atoms with van der Waals surface area (Å²) in [7, 11) is -3.11. The van der Waals surface area contributed by atoms with E-state index in [1.54, 1.807) is 15.6 Å². The standard InChI is InChI=1S/C14H19N3O2S2/c1-10-5-3-7-12-13(10)20-14(16-12)15-9-11-6-4-8-17(11)21(2,18)19/h3,5,7,11H,4,6,8-9H2,1-2H3,(H,15,16)/t11-/m1/s1. The van der Waals surface area contributed by atoms with E-state index in [1.165, 1.54) is 16.5 Å². The minimum absolute atomic E-state index is 0.0353. The van der Waals surface area contributed by atoms with Crippen molar-refractivity contribution in [3.63, 3.8) is 0 Å². The summed E-state index contributed by atoms with van der Waals surface area (Å²) < 4.78 is 26.2. The molecule has 1 fully saturated rings. The Labute approximate surface area is 129 Å². The van der Waals surface area contributed by atoms with Crippen LogP contribution in [0.3, 0.4) is 0 Å². The predicted molar refractivity (Wildman–Crippen MR) is 87.4 cm³/mol. The van der Waals surface area contributed by atoms with E-state index in [4.69, 9.17) is 0 Å². The van der Waals surface area contributed by atoms with Gasteiger partial charge in [-0.15, -0.1) is 0 Å². The second kappa shape index (κ2) is 5.55. The van der Waals surface area contributed by atoms with E-state index in [0.717, 1.165) is 23.5 Å². The van der Waals surface area contributed by atoms with Crippen molar-refractivity contribution < 1.29 is 8.42 Å². The van der Waals surface area contributed by atoms with Crippen LogP contribution in [0, 0.1) is 6.92 Å². The molecule has 0 amide bonds. The molecular weight excluding hydrogens is 306 g/mol. The Bertz CT molecular complexity index is 755. The first kappa shape index (κ1) is 14.7. The molecule has 2 aromatic rings. The maximum Gasteiger partial charge on any atom is 0.211 e. The van der Waals surface area contributed by atoms with E-state index in [9.17, 15) is 8.42 Å². The molecular formula is C14H19N3O2S2. The second-order valence-electron chi connectivity index (χ2n) is 5.49. The van der Waals surface area contributed by atoms with Gasteiger partial charge in [0.05, 0.1) is 16.5 Å². The van der Waals surface area contributed by atoms with Gasteiger partial charge in [-0.05, 0) is 31.4 Å². The van der Waals surface area contributed by atoms with Gasteiger partial charge >= 0.3 is 0 Å². The van der Waals surface area contributed by atoms with Crippen LogP contribution in [0.2, 0.25) is 0 Å². The van der Waals surface area contributed by atoms with Crippen LogP contribution in [0.5, 0.6) is 0 Å². The van der Waals surface area contributed by atoms with Crippen LogP contribution in [0.4, 0.5) is 5.13 Å². The number of thiazole rings is 1. The number of benzene rings is 1. The van der Waals surface area contributed by atoms with Gasteiger partial charge in [-0.1, -0.05) is 23.5 Å². The number of aryl methyl sites for hydroxylation is 1. The number of sulfonamides is 1. The van der Waals surface area contributed by atoms with E-state index < -0.39 is 10.0 Å². The molecule has 0 bridgehead atoms. The fourth-order valence-corrected chi connectivity index (χ4v) is 4.94. The van der Waals surface area contributed by atoms with Gasteiger partial charge in [-0.2, -0.15) is 4.31 Å². The fourth-order valence-electron chi connectivity index (χ4n) is 2.82. The number of fused-ring (bicyclic) bond motifs is 1. The molecule has 2 heterocycles. The molecule has 21 heavy (non-hydrogen) atoms. The van der Waals surface area contributed by atoms with Gasteiger partial charge in [0.25, 0.3) is 0 Å². The molecule has 7 heteroatoms. The maximum absolute atomic E-state index is 11.7. The molecule has 114 valence electrons. The number of nitrogens with zero attached hydrogens (tertiary/aromatic N) is 2. The maximum atomic E-state index is 11.7. The molecule has 0 unspecified atom stereocenters. The lowest BCUT2D eigenvalue weighted by Crippen LogP contribution is -2.38. The van der Waals surface area contributed by atoms with Gasteiger partial charge in [0.1, 0.15) is 0 Å². The average molecular weight is 325 g/mol. The third-order valence-electron chi connectivity index (χ3n) is 3.85. The smallest absolute Gasteiger partial charge is 0.211 e. The van der Waals surface area contributed by atoms with Crippen molar-refractivity contribution in [2.24, 2.45) is 0 Å². The fraction of sp³-hybridized carbons (Fsp3) is 0.500. The normalized spacial score (nSPS) is 20.2. The topological polar surface area (TPSA) is 62.3 Å². The summed E-state index contributed by atoms with van der Waals surface area (Å²) in [4.78, 5) is 4.56. The molecule has 1 N–H and O–H groups in total. The van der Waals surface area contributed by atoms with Crippen LogP contribution >= 0.6 is 11.3 Å². The number of rotatable bonds is 4. The number of hydrogen-bond acceptors (Lipinski definition) is 5. The van der Waals surface area contributed by atoms with Gasteiger partial charge in [-0.3, -0.25) is 0 Å². The van der Waals surface area contributed by atoms with Gasteiger partial charge in [0.15, 0.2) is 5.13 Å². The van der Waals surface area contributed by atoms with Gasteiger partial charge in [-0.25, -0.2) is 13.4 Å². The molecule has 1 atom stereocenters. The van der Waals surface area contributed by atoms with Crippen molar-refractivity contribution >= 4 is 36.7 Å². The second-order valence-corrected chi connectivity index (χ2v) is 8.43. The van der Waals surface area contributed by atoms with Gasteiger partial charge in [0, 0.05) is 19.1 Å². The number of hydrogen-bond donors (Lipinski definition) is 1. The first-order valence-electron chi connectivity index (χ1n) is 7.02. The third-order valence-corrected chi connectivity index (χ3v) is 6.35. The first-order valence-corrected chi connectivity index (χ1v) is 9.68. The van der Waals surface area contributed by atoms with Crippen LogP contribution in [-0.4, -0.2) is 43.1 Å². The summed E-state index contributed by atoms with van der Waals surface area (Å²) >= 11 is 1.63. The molecule has 3 rings (SSSR count). The number of aromatic nitrogens is 1. The largest absolute Gasteiger partial charge is 0.360 e. The van der Waals surface area contributed by atoms with Crippen LogP contribution in [0.15, 0.2) is 18.2 Å². The van der Waals surface area contributed by atoms with Crippen LogP contribution in [0.25, 0.3) is 10.2 Å². The lowest BCUT2D eigenvalue weighted by atomic mass is 10.2. The molecule has 5 nitrogen and oxygen atoms in total. The molecule has 0 saturated carbocycles. The highest BCUT2D eigenvalue weighted by molar-refractivity contribution is 7.88. The third kappa shape index (κ3) is 3.04. The van der Waals surface area contributed by atoms with Crippen LogP contribution in [-0.2, 0) is 10.0 Å². The van der Waals surface area contributed by atoms with Crippen molar-refractivity contribution in [1.29, 1.82) is 0 Å². The molecule has 1 aliphatic rings. The van der Waals surface area contributed by atoms with Gasteiger partial charge in [0.2, 0.25) is 10.0 Å². The zero-order valence-electron chi connectivity index (χ0n) is 12.2. The van der Waals surface area contributed by atoms with E-state index >= 15 is 0 Å². The Kier molecular flexibility index (Phi) is 3.90. The number of anilines is 1. The quantitative estimate of drug-likeness (QED) is 0.938. The Hall–Kier alpha value is -1.18. The van der Waals surface area contributed by atoms with E-state index in [1.807, 2.05) is 12.1 Å². The van der Waals surface area contributed by atoms with Crippen LogP contribution in [0.1, 0.15) is 18.4 Å². The van der Waals surface area contributed by atoms with Gasteiger partial charge < -0.3 is 5.32 Å². The molecule has 1 aromatic heterocycles. The summed E-state index contributed by atoms with van der Waals surface area (Å²) in [6.45, 7) is 3.32. The minimum atomic E-state index is -3.11. The highest BCUT2D eigenvalue weighted by Crippen LogP contribution is 2.29. The Morgan fingerprint density at radius 1 is 1.48 bits per heavy atom. The zero-order valence-corrected chi connectivity index (χ0v) is 13.8. The highest BCUT2D eigenvalue weighted by Gasteiger charge is 2.31. The molecule has 1 saturated heterocycles. The lowest BCUT2D eigenvalue weighted by molar-refractivity contribution is 0.402. The van der Waals surface area contributed by atoms with Crippen molar-refractivity contribution in [1.82, 2.24) is 9.29 Å². The summed E-state index contributed by atoms with van der Waals surface area (Å²) in [5.41, 5.74) is 2.21. The summed E-state index contributed by atoms with van der Waals surface area (Å²) in [5.74, 6) is 0. The SMILES string of the molecule is Cc1cccc2nc(NC[C@H]3CCCN3S(C)(=O)=O)sc12. The Balaban J connectivity index is 1.73.